The van der Waals surface area contributed by atoms with Gasteiger partial charge >= 0.3 is 11.9 Å². The Kier molecular flexibility index (Phi) is 8.34. The molecular weight excluding hydrogens is 518 g/mol. The zero-order chi connectivity index (χ0) is 28.7. The molecule has 9 nitrogen and oxygen atoms in total. The predicted molar refractivity (Wildman–Crippen MR) is 155 cm³/mol. The van der Waals surface area contributed by atoms with Gasteiger partial charge in [0.05, 0.1) is 26.0 Å². The van der Waals surface area contributed by atoms with E-state index in [-0.39, 0.29) is 19.6 Å². The van der Waals surface area contributed by atoms with Crippen LogP contribution in [0.25, 0.3) is 11.2 Å². The number of nitrogens with zero attached hydrogens (tertiary/aromatic N) is 4. The SMILES string of the molecule is CCOC(=O)CC(C(=O)OCC)n1cnc2c(NC(c3ccccc3)(c3ccccc3)c3ccccc3)ncnc21. The molecule has 0 aliphatic heterocycles. The van der Waals surface area contributed by atoms with Crippen molar-refractivity contribution < 1.29 is 19.1 Å². The van der Waals surface area contributed by atoms with Crippen molar-refractivity contribution in [1.82, 2.24) is 19.5 Å². The highest BCUT2D eigenvalue weighted by atomic mass is 16.5. The second kappa shape index (κ2) is 12.4. The molecule has 5 aromatic rings. The molecule has 0 saturated carbocycles. The smallest absolute Gasteiger partial charge is 0.329 e. The molecule has 0 amide bonds. The van der Waals surface area contributed by atoms with E-state index in [1.807, 2.05) is 54.6 Å². The molecule has 2 heterocycles. The fourth-order valence-corrected chi connectivity index (χ4v) is 5.04. The summed E-state index contributed by atoms with van der Waals surface area (Å²) in [6.45, 7) is 3.80. The van der Waals surface area contributed by atoms with Crippen LogP contribution in [0, 0.1) is 0 Å². The Hall–Kier alpha value is -5.05. The number of nitrogens with one attached hydrogen (secondary N) is 1. The topological polar surface area (TPSA) is 108 Å². The number of hydrogen-bond donors (Lipinski definition) is 1. The number of esters is 2. The van der Waals surface area contributed by atoms with Crippen LogP contribution in [0.2, 0.25) is 0 Å². The Morgan fingerprint density at radius 2 is 1.32 bits per heavy atom. The van der Waals surface area contributed by atoms with Crippen LogP contribution in [0.4, 0.5) is 5.82 Å². The van der Waals surface area contributed by atoms with Crippen molar-refractivity contribution in [3.8, 4) is 0 Å². The largest absolute Gasteiger partial charge is 0.466 e. The number of aromatic nitrogens is 4. The number of rotatable bonds is 11. The number of anilines is 1. The Morgan fingerprint density at radius 1 is 0.780 bits per heavy atom. The lowest BCUT2D eigenvalue weighted by Crippen LogP contribution is -2.38. The molecule has 2 aromatic heterocycles. The van der Waals surface area contributed by atoms with E-state index in [0.29, 0.717) is 17.0 Å². The van der Waals surface area contributed by atoms with Crippen LogP contribution in [-0.4, -0.2) is 44.7 Å². The summed E-state index contributed by atoms with van der Waals surface area (Å²) in [4.78, 5) is 39.0. The fraction of sp³-hybridized carbons (Fsp3) is 0.219. The fourth-order valence-electron chi connectivity index (χ4n) is 5.04. The average molecular weight is 550 g/mol. The van der Waals surface area contributed by atoms with E-state index in [1.54, 1.807) is 18.4 Å². The van der Waals surface area contributed by atoms with E-state index in [4.69, 9.17) is 9.47 Å². The highest BCUT2D eigenvalue weighted by Gasteiger charge is 2.38. The van der Waals surface area contributed by atoms with Crippen LogP contribution in [-0.2, 0) is 24.6 Å². The van der Waals surface area contributed by atoms with Gasteiger partial charge in [0.25, 0.3) is 0 Å². The highest BCUT2D eigenvalue weighted by Crippen LogP contribution is 2.40. The van der Waals surface area contributed by atoms with E-state index in [1.165, 1.54) is 12.7 Å². The molecule has 0 aliphatic carbocycles. The summed E-state index contributed by atoms with van der Waals surface area (Å²) in [6, 6.07) is 29.4. The maximum Gasteiger partial charge on any atom is 0.329 e. The minimum Gasteiger partial charge on any atom is -0.466 e. The zero-order valence-corrected chi connectivity index (χ0v) is 22.9. The van der Waals surface area contributed by atoms with Gasteiger partial charge in [-0.2, -0.15) is 0 Å². The van der Waals surface area contributed by atoms with Gasteiger partial charge in [-0.15, -0.1) is 0 Å². The molecule has 9 heteroatoms. The Bertz CT molecular complexity index is 1510. The van der Waals surface area contributed by atoms with Crippen molar-refractivity contribution >= 4 is 28.9 Å². The number of hydrogen-bond acceptors (Lipinski definition) is 8. The average Bonchev–Trinajstić information content (AvgIpc) is 3.45. The van der Waals surface area contributed by atoms with Gasteiger partial charge in [0.1, 0.15) is 23.4 Å². The summed E-state index contributed by atoms with van der Waals surface area (Å²) in [5.41, 5.74) is 2.96. The standard InChI is InChI=1S/C32H31N5O4/c1-3-40-27(38)20-26(31(39)41-4-2)37-22-35-28-29(33-21-34-30(28)37)36-32(23-14-8-5-9-15-23,24-16-10-6-11-17-24)25-18-12-7-13-19-25/h5-19,21-22,26H,3-4,20H2,1-2H3,(H,33,34,36). The molecule has 5 rings (SSSR count). The van der Waals surface area contributed by atoms with Crippen molar-refractivity contribution in [1.29, 1.82) is 0 Å². The van der Waals surface area contributed by atoms with Crippen LogP contribution in [0.15, 0.2) is 104 Å². The number of imidazole rings is 1. The molecule has 0 radical (unpaired) electrons. The molecule has 1 N–H and O–H groups in total. The van der Waals surface area contributed by atoms with E-state index < -0.39 is 23.5 Å². The number of fused-ring (bicyclic) bond motifs is 1. The highest BCUT2D eigenvalue weighted by molar-refractivity contribution is 5.87. The minimum atomic E-state index is -0.996. The van der Waals surface area contributed by atoms with Crippen molar-refractivity contribution in [3.05, 3.63) is 120 Å². The molecule has 3 aromatic carbocycles. The molecule has 1 atom stereocenters. The van der Waals surface area contributed by atoms with Crippen LogP contribution >= 0.6 is 0 Å². The molecule has 0 fully saturated rings. The molecule has 41 heavy (non-hydrogen) atoms. The molecule has 0 saturated heterocycles. The molecular formula is C32H31N5O4. The number of carbonyl (C=O) groups excluding carboxylic acids is 2. The first-order valence-corrected chi connectivity index (χ1v) is 13.5. The second-order valence-corrected chi connectivity index (χ2v) is 9.30. The number of benzene rings is 3. The first-order chi connectivity index (χ1) is 20.1. The lowest BCUT2D eigenvalue weighted by molar-refractivity contribution is -0.153. The third-order valence-electron chi connectivity index (χ3n) is 6.84. The van der Waals surface area contributed by atoms with Crippen LogP contribution in [0.3, 0.4) is 0 Å². The summed E-state index contributed by atoms with van der Waals surface area (Å²) >= 11 is 0. The van der Waals surface area contributed by atoms with Crippen LogP contribution in [0.1, 0.15) is 43.0 Å². The lowest BCUT2D eigenvalue weighted by atomic mass is 9.77. The van der Waals surface area contributed by atoms with Gasteiger partial charge in [-0.3, -0.25) is 4.79 Å². The summed E-state index contributed by atoms with van der Waals surface area (Å²) < 4.78 is 12.0. The Balaban J connectivity index is 1.67. The van der Waals surface area contributed by atoms with Crippen LogP contribution in [0.5, 0.6) is 0 Å². The van der Waals surface area contributed by atoms with Gasteiger partial charge < -0.3 is 19.4 Å². The normalized spacial score (nSPS) is 12.0. The lowest BCUT2D eigenvalue weighted by Gasteiger charge is -2.37. The van der Waals surface area contributed by atoms with Crippen molar-refractivity contribution in [2.45, 2.75) is 31.8 Å². The van der Waals surface area contributed by atoms with E-state index in [0.717, 1.165) is 16.7 Å². The number of ether oxygens (including phenoxy) is 2. The summed E-state index contributed by atoms with van der Waals surface area (Å²) in [5, 5.41) is 3.72. The van der Waals surface area contributed by atoms with E-state index >= 15 is 0 Å². The van der Waals surface area contributed by atoms with Gasteiger partial charge in [-0.05, 0) is 30.5 Å². The maximum atomic E-state index is 13.0. The predicted octanol–water partition coefficient (Wildman–Crippen LogP) is 5.29. The molecule has 208 valence electrons. The Labute approximate surface area is 238 Å². The van der Waals surface area contributed by atoms with E-state index in [9.17, 15) is 9.59 Å². The summed E-state index contributed by atoms with van der Waals surface area (Å²) in [6.07, 6.45) is 2.69. The minimum absolute atomic E-state index is 0.167. The summed E-state index contributed by atoms with van der Waals surface area (Å²) in [7, 11) is 0. The van der Waals surface area contributed by atoms with Gasteiger partial charge in [-0.1, -0.05) is 91.0 Å². The molecule has 0 bridgehead atoms. The second-order valence-electron chi connectivity index (χ2n) is 9.30. The number of carbonyl (C=O) groups is 2. The third-order valence-corrected chi connectivity index (χ3v) is 6.84. The van der Waals surface area contributed by atoms with Gasteiger partial charge in [0.2, 0.25) is 0 Å². The van der Waals surface area contributed by atoms with Gasteiger partial charge in [-0.25, -0.2) is 19.7 Å². The monoisotopic (exact) mass is 549 g/mol. The first-order valence-electron chi connectivity index (χ1n) is 13.5. The van der Waals surface area contributed by atoms with E-state index in [2.05, 4.69) is 56.7 Å². The molecule has 1 unspecified atom stereocenters. The van der Waals surface area contributed by atoms with Crippen molar-refractivity contribution in [3.63, 3.8) is 0 Å². The molecule has 0 spiro atoms. The molecule has 0 aliphatic rings. The van der Waals surface area contributed by atoms with Gasteiger partial charge in [0, 0.05) is 0 Å². The quantitative estimate of drug-likeness (QED) is 0.175. The Morgan fingerprint density at radius 3 is 1.83 bits per heavy atom. The van der Waals surface area contributed by atoms with Crippen molar-refractivity contribution in [2.75, 3.05) is 18.5 Å². The van der Waals surface area contributed by atoms with Gasteiger partial charge in [0.15, 0.2) is 11.5 Å². The van der Waals surface area contributed by atoms with Crippen LogP contribution < -0.4 is 5.32 Å². The summed E-state index contributed by atoms with van der Waals surface area (Å²) in [5.74, 6) is -0.625. The van der Waals surface area contributed by atoms with Crippen molar-refractivity contribution in [2.24, 2.45) is 0 Å². The third kappa shape index (κ3) is 5.51. The maximum absolute atomic E-state index is 13.0. The first kappa shape index (κ1) is 27.5. The zero-order valence-electron chi connectivity index (χ0n) is 22.9.